The molecule has 0 unspecified atom stereocenters. The third kappa shape index (κ3) is 6.06. The molecule has 0 radical (unpaired) electrons. The predicted molar refractivity (Wildman–Crippen MR) is 116 cm³/mol. The van der Waals surface area contributed by atoms with Crippen LogP contribution in [0.5, 0.6) is 5.75 Å². The standard InChI is InChI=1S/C20H29FN8O3/c1-14(2)11-32-20(30)27-7-5-16(6-8-27)29-25-10-15(26-29)12-31-19-4-3-17(9-18(19)21)28(23)13-24-22/h3-4,9-10,13-14,16H,5-8,11-12,22-23H2,1-2H3/b24-13-. The third-order valence-electron chi connectivity index (χ3n) is 4.93. The van der Waals surface area contributed by atoms with Crippen LogP contribution in [0.1, 0.15) is 38.4 Å². The fourth-order valence-corrected chi connectivity index (χ4v) is 3.22. The van der Waals surface area contributed by atoms with Crippen molar-refractivity contribution >= 4 is 18.1 Å². The predicted octanol–water partition coefficient (Wildman–Crippen LogP) is 2.01. The number of benzene rings is 1. The summed E-state index contributed by atoms with van der Waals surface area (Å²) in [4.78, 5) is 15.4. The maximum Gasteiger partial charge on any atom is 0.409 e. The number of nitrogens with zero attached hydrogens (tertiary/aromatic N) is 6. The molecule has 1 aliphatic rings. The van der Waals surface area contributed by atoms with E-state index in [-0.39, 0.29) is 24.5 Å². The Balaban J connectivity index is 1.50. The molecule has 11 nitrogen and oxygen atoms in total. The highest BCUT2D eigenvalue weighted by atomic mass is 19.1. The molecule has 2 heterocycles. The molecule has 0 saturated carbocycles. The van der Waals surface area contributed by atoms with Crippen LogP contribution in [-0.4, -0.2) is 52.0 Å². The number of likely N-dealkylation sites (tertiary alicyclic amines) is 1. The van der Waals surface area contributed by atoms with E-state index >= 15 is 0 Å². The van der Waals surface area contributed by atoms with Crippen molar-refractivity contribution in [2.24, 2.45) is 22.7 Å². The Morgan fingerprint density at radius 2 is 2.16 bits per heavy atom. The van der Waals surface area contributed by atoms with Gasteiger partial charge >= 0.3 is 6.09 Å². The molecule has 32 heavy (non-hydrogen) atoms. The molecular weight excluding hydrogens is 419 g/mol. The van der Waals surface area contributed by atoms with E-state index in [9.17, 15) is 9.18 Å². The summed E-state index contributed by atoms with van der Waals surface area (Å²) in [6.45, 7) is 5.64. The quantitative estimate of drug-likeness (QED) is 0.271. The first-order valence-electron chi connectivity index (χ1n) is 10.4. The number of amides is 1. The minimum atomic E-state index is -0.576. The van der Waals surface area contributed by atoms with Crippen molar-refractivity contribution < 1.29 is 18.7 Å². The van der Waals surface area contributed by atoms with E-state index in [4.69, 9.17) is 21.2 Å². The Hall–Kier alpha value is -3.41. The van der Waals surface area contributed by atoms with Crippen LogP contribution in [0.2, 0.25) is 0 Å². The second-order valence-corrected chi connectivity index (χ2v) is 7.92. The number of halogens is 1. The molecule has 174 valence electrons. The zero-order valence-corrected chi connectivity index (χ0v) is 18.2. The lowest BCUT2D eigenvalue weighted by molar-refractivity contribution is 0.0776. The van der Waals surface area contributed by atoms with Crippen molar-refractivity contribution in [3.05, 3.63) is 35.9 Å². The molecule has 2 aromatic rings. The topological polar surface area (TPSA) is 137 Å². The molecule has 1 amide bonds. The van der Waals surface area contributed by atoms with Crippen molar-refractivity contribution in [3.8, 4) is 5.75 Å². The van der Waals surface area contributed by atoms with E-state index in [1.165, 1.54) is 12.1 Å². The second-order valence-electron chi connectivity index (χ2n) is 7.92. The summed E-state index contributed by atoms with van der Waals surface area (Å²) in [5.41, 5.74) is 0.942. The van der Waals surface area contributed by atoms with E-state index in [1.807, 2.05) is 13.8 Å². The molecule has 0 bridgehead atoms. The van der Waals surface area contributed by atoms with Gasteiger partial charge in [0.15, 0.2) is 11.6 Å². The highest BCUT2D eigenvalue weighted by molar-refractivity contribution is 5.77. The van der Waals surface area contributed by atoms with Crippen molar-refractivity contribution in [3.63, 3.8) is 0 Å². The number of hydrazine groups is 1. The van der Waals surface area contributed by atoms with E-state index in [0.29, 0.717) is 37.0 Å². The van der Waals surface area contributed by atoms with Gasteiger partial charge in [0, 0.05) is 19.2 Å². The third-order valence-corrected chi connectivity index (χ3v) is 4.93. The highest BCUT2D eigenvalue weighted by Crippen LogP contribution is 2.24. The Morgan fingerprint density at radius 1 is 1.41 bits per heavy atom. The molecule has 1 saturated heterocycles. The number of aromatic nitrogens is 3. The lowest BCUT2D eigenvalue weighted by Crippen LogP contribution is -2.40. The number of hydrogen-bond acceptors (Lipinski definition) is 8. The monoisotopic (exact) mass is 448 g/mol. The summed E-state index contributed by atoms with van der Waals surface area (Å²) in [7, 11) is 0. The fourth-order valence-electron chi connectivity index (χ4n) is 3.22. The van der Waals surface area contributed by atoms with Gasteiger partial charge in [0.05, 0.1) is 24.5 Å². The minimum absolute atomic E-state index is 0.0627. The molecule has 12 heteroatoms. The largest absolute Gasteiger partial charge is 0.484 e. The first kappa shape index (κ1) is 23.3. The average Bonchev–Trinajstić information content (AvgIpc) is 3.26. The highest BCUT2D eigenvalue weighted by Gasteiger charge is 2.26. The summed E-state index contributed by atoms with van der Waals surface area (Å²) in [5, 5.41) is 13.1. The molecule has 0 atom stereocenters. The van der Waals surface area contributed by atoms with Gasteiger partial charge in [-0.1, -0.05) is 13.8 Å². The average molecular weight is 449 g/mol. The number of hydrogen-bond donors (Lipinski definition) is 2. The van der Waals surface area contributed by atoms with Crippen LogP contribution in [0.15, 0.2) is 29.5 Å². The summed E-state index contributed by atoms with van der Waals surface area (Å²) >= 11 is 0. The lowest BCUT2D eigenvalue weighted by Gasteiger charge is -2.30. The normalized spacial score (nSPS) is 14.8. The van der Waals surface area contributed by atoms with Crippen LogP contribution < -0.4 is 21.4 Å². The molecule has 4 N–H and O–H groups in total. The number of carbonyl (C=O) groups is 1. The van der Waals surface area contributed by atoms with Gasteiger partial charge in [-0.15, -0.1) is 0 Å². The molecule has 1 aliphatic heterocycles. The van der Waals surface area contributed by atoms with Gasteiger partial charge in [-0.2, -0.15) is 20.1 Å². The smallest absolute Gasteiger partial charge is 0.409 e. The summed E-state index contributed by atoms with van der Waals surface area (Å²) in [6.07, 6.45) is 3.93. The van der Waals surface area contributed by atoms with Gasteiger partial charge in [0.2, 0.25) is 0 Å². The number of piperidine rings is 1. The van der Waals surface area contributed by atoms with Gasteiger partial charge in [0.25, 0.3) is 0 Å². The number of anilines is 1. The van der Waals surface area contributed by atoms with Gasteiger partial charge in [-0.25, -0.2) is 15.0 Å². The number of rotatable bonds is 8. The molecular formula is C20H29FN8O3. The van der Waals surface area contributed by atoms with Crippen LogP contribution in [-0.2, 0) is 11.3 Å². The van der Waals surface area contributed by atoms with Crippen molar-refractivity contribution in [2.75, 3.05) is 24.7 Å². The maximum absolute atomic E-state index is 14.3. The molecule has 0 spiro atoms. The molecule has 1 fully saturated rings. The number of ether oxygens (including phenoxy) is 2. The summed E-state index contributed by atoms with van der Waals surface area (Å²) < 4.78 is 25.1. The Labute approximate surface area is 185 Å². The zero-order chi connectivity index (χ0) is 23.1. The summed E-state index contributed by atoms with van der Waals surface area (Å²) in [6, 6.07) is 4.34. The summed E-state index contributed by atoms with van der Waals surface area (Å²) in [5.74, 6) is 10.5. The van der Waals surface area contributed by atoms with E-state index in [0.717, 1.165) is 24.2 Å². The fraction of sp³-hybridized carbons (Fsp3) is 0.500. The molecule has 0 aliphatic carbocycles. The van der Waals surface area contributed by atoms with Crippen LogP contribution in [0.4, 0.5) is 14.9 Å². The minimum Gasteiger partial charge on any atom is -0.484 e. The van der Waals surface area contributed by atoms with Crippen LogP contribution in [0, 0.1) is 11.7 Å². The van der Waals surface area contributed by atoms with Crippen molar-refractivity contribution in [2.45, 2.75) is 39.3 Å². The zero-order valence-electron chi connectivity index (χ0n) is 18.2. The van der Waals surface area contributed by atoms with Crippen LogP contribution in [0.25, 0.3) is 0 Å². The molecule has 1 aromatic heterocycles. The van der Waals surface area contributed by atoms with Gasteiger partial charge in [0.1, 0.15) is 18.6 Å². The first-order chi connectivity index (χ1) is 15.4. The van der Waals surface area contributed by atoms with Crippen LogP contribution >= 0.6 is 0 Å². The number of nitrogens with two attached hydrogens (primary N) is 2. The van der Waals surface area contributed by atoms with E-state index < -0.39 is 5.82 Å². The van der Waals surface area contributed by atoms with Gasteiger partial charge in [-0.3, -0.25) is 5.01 Å². The van der Waals surface area contributed by atoms with Crippen molar-refractivity contribution in [1.82, 2.24) is 19.9 Å². The van der Waals surface area contributed by atoms with Crippen molar-refractivity contribution in [1.29, 1.82) is 0 Å². The molecule has 3 rings (SSSR count). The Morgan fingerprint density at radius 3 is 2.81 bits per heavy atom. The second kappa shape index (κ2) is 10.8. The first-order valence-corrected chi connectivity index (χ1v) is 10.4. The van der Waals surface area contributed by atoms with Gasteiger partial charge in [-0.05, 0) is 30.9 Å². The number of carbonyl (C=O) groups excluding carboxylic acids is 1. The Bertz CT molecular complexity index is 927. The SMILES string of the molecule is CC(C)COC(=O)N1CCC(n2ncc(COc3ccc(N(N)/C=N\N)cc3F)n2)CC1. The lowest BCUT2D eigenvalue weighted by atomic mass is 10.1. The van der Waals surface area contributed by atoms with Gasteiger partial charge < -0.3 is 20.2 Å². The van der Waals surface area contributed by atoms with E-state index in [2.05, 4.69) is 15.3 Å². The number of hydrazone groups is 1. The van der Waals surface area contributed by atoms with E-state index in [1.54, 1.807) is 22.0 Å². The maximum atomic E-state index is 14.3. The molecule has 1 aromatic carbocycles. The van der Waals surface area contributed by atoms with Crippen LogP contribution in [0.3, 0.4) is 0 Å². The Kier molecular flexibility index (Phi) is 7.82.